The summed E-state index contributed by atoms with van der Waals surface area (Å²) >= 11 is 5.97. The van der Waals surface area contributed by atoms with E-state index >= 15 is 0 Å². The fraction of sp³-hybridized carbons (Fsp3) is 0.350. The summed E-state index contributed by atoms with van der Waals surface area (Å²) < 4.78 is 75.3. The Morgan fingerprint density at radius 3 is 2.44 bits per heavy atom. The van der Waals surface area contributed by atoms with Gasteiger partial charge in [0.05, 0.1) is 28.6 Å². The van der Waals surface area contributed by atoms with Crippen molar-refractivity contribution in [2.75, 3.05) is 30.3 Å². The van der Waals surface area contributed by atoms with Gasteiger partial charge in [-0.25, -0.2) is 8.42 Å². The highest BCUT2D eigenvalue weighted by atomic mass is 35.5. The summed E-state index contributed by atoms with van der Waals surface area (Å²) in [6, 6.07) is 6.83. The second kappa shape index (κ2) is 9.07. The van der Waals surface area contributed by atoms with E-state index in [-0.39, 0.29) is 5.02 Å². The second-order valence-electron chi connectivity index (χ2n) is 7.13. The molecule has 0 aromatic heterocycles. The van der Waals surface area contributed by atoms with Crippen LogP contribution in [0.25, 0.3) is 0 Å². The first-order valence-corrected chi connectivity index (χ1v) is 11.6. The zero-order valence-electron chi connectivity index (χ0n) is 17.1. The molecule has 0 radical (unpaired) electrons. The molecule has 1 amide bonds. The number of rotatable bonds is 6. The summed E-state index contributed by atoms with van der Waals surface area (Å²) in [5.41, 5.74) is -0.854. The minimum Gasteiger partial charge on any atom is -0.486 e. The summed E-state index contributed by atoms with van der Waals surface area (Å²) in [5.74, 6) is 0.357. The minimum atomic E-state index is -4.71. The van der Waals surface area contributed by atoms with Gasteiger partial charge in [-0.15, -0.1) is 0 Å². The molecule has 32 heavy (non-hydrogen) atoms. The number of amides is 1. The SMILES string of the molecule is C[C@@H](NC(=O)CN(c1cc(C(F)(F)F)ccc1Cl)S(C)(=O)=O)c1ccc2c(c1)OCCO2. The number of hydrogen-bond donors (Lipinski definition) is 1. The van der Waals surface area contributed by atoms with E-state index in [1.165, 1.54) is 0 Å². The number of nitrogens with one attached hydrogen (secondary N) is 1. The molecule has 7 nitrogen and oxygen atoms in total. The Labute approximate surface area is 188 Å². The van der Waals surface area contributed by atoms with Crippen LogP contribution in [0.5, 0.6) is 11.5 Å². The van der Waals surface area contributed by atoms with Crippen LogP contribution < -0.4 is 19.1 Å². The highest BCUT2D eigenvalue weighted by Gasteiger charge is 2.33. The fourth-order valence-electron chi connectivity index (χ4n) is 3.09. The van der Waals surface area contributed by atoms with Crippen molar-refractivity contribution in [1.82, 2.24) is 5.32 Å². The predicted octanol–water partition coefficient (Wildman–Crippen LogP) is 3.77. The van der Waals surface area contributed by atoms with Crippen molar-refractivity contribution in [3.63, 3.8) is 0 Å². The zero-order chi connectivity index (χ0) is 23.7. The van der Waals surface area contributed by atoms with Crippen LogP contribution in [0.4, 0.5) is 18.9 Å². The van der Waals surface area contributed by atoms with Crippen LogP contribution in [0.15, 0.2) is 36.4 Å². The number of nitrogens with zero attached hydrogens (tertiary/aromatic N) is 1. The number of ether oxygens (including phenoxy) is 2. The van der Waals surface area contributed by atoms with Gasteiger partial charge in [0.1, 0.15) is 19.8 Å². The Balaban J connectivity index is 1.81. The molecule has 12 heteroatoms. The third-order valence-electron chi connectivity index (χ3n) is 4.67. The standard InChI is InChI=1S/C20H20ClF3N2O5S/c1-12(13-3-6-17-18(9-13)31-8-7-30-17)25-19(27)11-26(32(2,28)29)16-10-14(20(22,23)24)4-5-15(16)21/h3-6,9-10,12H,7-8,11H2,1-2H3,(H,25,27)/t12-/m1/s1. The third-order valence-corrected chi connectivity index (χ3v) is 6.12. The van der Waals surface area contributed by atoms with Crippen LogP contribution in [0.3, 0.4) is 0 Å². The van der Waals surface area contributed by atoms with Crippen LogP contribution in [0.2, 0.25) is 5.02 Å². The van der Waals surface area contributed by atoms with E-state index in [1.807, 2.05) is 0 Å². The molecule has 0 spiro atoms. The monoisotopic (exact) mass is 492 g/mol. The van der Waals surface area contributed by atoms with Crippen LogP contribution in [-0.2, 0) is 21.0 Å². The topological polar surface area (TPSA) is 84.9 Å². The Kier molecular flexibility index (Phi) is 6.80. The quantitative estimate of drug-likeness (QED) is 0.663. The summed E-state index contributed by atoms with van der Waals surface area (Å²) in [6.45, 7) is 1.73. The van der Waals surface area contributed by atoms with Crippen molar-refractivity contribution in [2.24, 2.45) is 0 Å². The molecule has 0 aliphatic carbocycles. The Morgan fingerprint density at radius 1 is 1.16 bits per heavy atom. The van der Waals surface area contributed by atoms with Crippen LogP contribution in [0.1, 0.15) is 24.1 Å². The Morgan fingerprint density at radius 2 is 1.81 bits per heavy atom. The summed E-state index contributed by atoms with van der Waals surface area (Å²) in [6.07, 6.45) is -3.93. The van der Waals surface area contributed by atoms with Gasteiger partial charge >= 0.3 is 6.18 Å². The first kappa shape index (κ1) is 24.0. The molecular formula is C20H20ClF3N2O5S. The number of benzene rings is 2. The van der Waals surface area contributed by atoms with Gasteiger partial charge in [-0.3, -0.25) is 9.10 Å². The number of anilines is 1. The number of carbonyl (C=O) groups excluding carboxylic acids is 1. The van der Waals surface area contributed by atoms with E-state index in [1.54, 1.807) is 25.1 Å². The molecule has 1 heterocycles. The molecule has 1 aliphatic heterocycles. The average molecular weight is 493 g/mol. The van der Waals surface area contributed by atoms with Crippen molar-refractivity contribution < 1.29 is 35.9 Å². The first-order chi connectivity index (χ1) is 14.9. The number of halogens is 4. The highest BCUT2D eigenvalue weighted by Crippen LogP contribution is 2.36. The molecule has 3 rings (SSSR count). The summed E-state index contributed by atoms with van der Waals surface area (Å²) in [7, 11) is -4.13. The van der Waals surface area contributed by atoms with Crippen molar-refractivity contribution in [3.05, 3.63) is 52.5 Å². The summed E-state index contributed by atoms with van der Waals surface area (Å²) in [4.78, 5) is 12.6. The van der Waals surface area contributed by atoms with Crippen molar-refractivity contribution in [2.45, 2.75) is 19.1 Å². The Bertz CT molecular complexity index is 1120. The molecule has 0 unspecified atom stereocenters. The van der Waals surface area contributed by atoms with Gasteiger partial charge in [-0.2, -0.15) is 13.2 Å². The molecule has 0 bridgehead atoms. The zero-order valence-corrected chi connectivity index (χ0v) is 18.6. The molecule has 1 atom stereocenters. The molecule has 0 fully saturated rings. The van der Waals surface area contributed by atoms with E-state index in [2.05, 4.69) is 5.32 Å². The van der Waals surface area contributed by atoms with E-state index in [0.717, 1.165) is 18.4 Å². The van der Waals surface area contributed by atoms with E-state index < -0.39 is 45.9 Å². The predicted molar refractivity (Wildman–Crippen MR) is 113 cm³/mol. The lowest BCUT2D eigenvalue weighted by Gasteiger charge is -2.25. The maximum Gasteiger partial charge on any atom is 0.416 e. The van der Waals surface area contributed by atoms with E-state index in [0.29, 0.717) is 40.6 Å². The van der Waals surface area contributed by atoms with Crippen LogP contribution in [0, 0.1) is 0 Å². The molecule has 2 aromatic carbocycles. The van der Waals surface area contributed by atoms with Gasteiger partial charge in [0.15, 0.2) is 11.5 Å². The lowest BCUT2D eigenvalue weighted by atomic mass is 10.1. The molecular weight excluding hydrogens is 473 g/mol. The maximum absolute atomic E-state index is 13.1. The Hall–Kier alpha value is -2.66. The third kappa shape index (κ3) is 5.57. The first-order valence-electron chi connectivity index (χ1n) is 9.39. The summed E-state index contributed by atoms with van der Waals surface area (Å²) in [5, 5.41) is 2.39. The van der Waals surface area contributed by atoms with E-state index in [9.17, 15) is 26.4 Å². The molecule has 174 valence electrons. The fourth-order valence-corrected chi connectivity index (χ4v) is 4.22. The smallest absolute Gasteiger partial charge is 0.416 e. The van der Waals surface area contributed by atoms with Gasteiger partial charge in [0.25, 0.3) is 0 Å². The normalized spacial score (nSPS) is 14.6. The van der Waals surface area contributed by atoms with Crippen LogP contribution >= 0.6 is 11.6 Å². The van der Waals surface area contributed by atoms with Gasteiger partial charge in [-0.05, 0) is 42.8 Å². The molecule has 0 saturated carbocycles. The van der Waals surface area contributed by atoms with Gasteiger partial charge in [-0.1, -0.05) is 17.7 Å². The second-order valence-corrected chi connectivity index (χ2v) is 9.44. The maximum atomic E-state index is 13.1. The highest BCUT2D eigenvalue weighted by molar-refractivity contribution is 7.92. The van der Waals surface area contributed by atoms with Crippen molar-refractivity contribution in [3.8, 4) is 11.5 Å². The average Bonchev–Trinajstić information content (AvgIpc) is 2.70. The van der Waals surface area contributed by atoms with Crippen molar-refractivity contribution in [1.29, 1.82) is 0 Å². The van der Waals surface area contributed by atoms with Gasteiger partial charge < -0.3 is 14.8 Å². The molecule has 0 saturated heterocycles. The number of alkyl halides is 3. The van der Waals surface area contributed by atoms with E-state index in [4.69, 9.17) is 21.1 Å². The number of fused-ring (bicyclic) bond motifs is 1. The molecule has 2 aromatic rings. The number of hydrogen-bond acceptors (Lipinski definition) is 5. The largest absolute Gasteiger partial charge is 0.486 e. The number of carbonyl (C=O) groups is 1. The van der Waals surface area contributed by atoms with Crippen LogP contribution in [-0.4, -0.2) is 40.3 Å². The number of sulfonamides is 1. The minimum absolute atomic E-state index is 0.240. The van der Waals surface area contributed by atoms with Gasteiger partial charge in [0.2, 0.25) is 15.9 Å². The lowest BCUT2D eigenvalue weighted by Crippen LogP contribution is -2.41. The molecule has 1 aliphatic rings. The van der Waals surface area contributed by atoms with Crippen molar-refractivity contribution >= 4 is 33.2 Å². The lowest BCUT2D eigenvalue weighted by molar-refractivity contribution is -0.137. The van der Waals surface area contributed by atoms with Gasteiger partial charge in [0, 0.05) is 0 Å². The molecule has 1 N–H and O–H groups in total.